The molecule has 6 aromatic rings. The van der Waals surface area contributed by atoms with E-state index >= 15 is 0 Å². The third-order valence-corrected chi connectivity index (χ3v) is 10.6. The molecule has 0 aromatic heterocycles. The largest absolute Gasteiger partial charge is 0.496 e. The molecular formula is C49H50N2O8. The van der Waals surface area contributed by atoms with E-state index in [1.807, 2.05) is 60.7 Å². The standard InChI is InChI=1S/C49H50N2O8/c1-56-40-27-15-11-23-36(40)48(54,37-24-12-16-28-41(37)57-2)44(31-34-19-7-5-8-20-34)50-46(52)33-47(53)51-45(32-35-21-9-6-10-22-35)49(55,38-25-13-17-29-42(38)58-3)39-26-14-18-30-43(39)59-4/h5-30,44-45,54-55H,31-33H2,1-4H3,(H,50,52)(H,51,53)/t44-,45-/m1/s1. The molecule has 59 heavy (non-hydrogen) atoms. The average molecular weight is 795 g/mol. The van der Waals surface area contributed by atoms with Gasteiger partial charge in [0.15, 0.2) is 0 Å². The third kappa shape index (κ3) is 9.09. The molecule has 0 unspecified atom stereocenters. The number of amides is 2. The molecule has 2 amide bonds. The van der Waals surface area contributed by atoms with E-state index in [1.54, 1.807) is 97.1 Å². The van der Waals surface area contributed by atoms with Gasteiger partial charge in [0.1, 0.15) is 40.6 Å². The molecule has 0 radical (unpaired) electrons. The SMILES string of the molecule is COc1ccccc1C(O)(c1ccccc1OC)[C@@H](Cc1ccccc1)NC(=O)CC(=O)N[C@H](Cc1ccccc1)C(O)(c1ccccc1OC)c1ccccc1OC. The van der Waals surface area contributed by atoms with Crippen LogP contribution in [0, 0.1) is 0 Å². The Hall–Kier alpha value is -6.62. The first-order valence-electron chi connectivity index (χ1n) is 19.3. The van der Waals surface area contributed by atoms with Gasteiger partial charge in [-0.05, 0) is 48.2 Å². The van der Waals surface area contributed by atoms with Gasteiger partial charge in [-0.1, -0.05) is 133 Å². The van der Waals surface area contributed by atoms with Crippen LogP contribution in [0.3, 0.4) is 0 Å². The molecule has 0 aliphatic carbocycles. The van der Waals surface area contributed by atoms with E-state index in [0.29, 0.717) is 45.3 Å². The van der Waals surface area contributed by atoms with Crippen molar-refractivity contribution < 1.29 is 38.7 Å². The summed E-state index contributed by atoms with van der Waals surface area (Å²) in [6, 6.07) is 45.1. The summed E-state index contributed by atoms with van der Waals surface area (Å²) in [5, 5.41) is 32.5. The third-order valence-electron chi connectivity index (χ3n) is 10.6. The maximum absolute atomic E-state index is 14.4. The van der Waals surface area contributed by atoms with Crippen LogP contribution in [0.5, 0.6) is 23.0 Å². The Kier molecular flexibility index (Phi) is 13.7. The molecule has 10 nitrogen and oxygen atoms in total. The quantitative estimate of drug-likeness (QED) is 0.0704. The van der Waals surface area contributed by atoms with E-state index in [2.05, 4.69) is 10.6 Å². The lowest BCUT2D eigenvalue weighted by Gasteiger charge is -2.40. The Balaban J connectivity index is 1.41. The summed E-state index contributed by atoms with van der Waals surface area (Å²) in [4.78, 5) is 28.7. The van der Waals surface area contributed by atoms with Gasteiger partial charge in [-0.15, -0.1) is 0 Å². The van der Waals surface area contributed by atoms with E-state index in [-0.39, 0.29) is 12.8 Å². The first kappa shape index (κ1) is 42.0. The van der Waals surface area contributed by atoms with Gasteiger partial charge in [-0.3, -0.25) is 9.59 Å². The number of rotatable bonds is 18. The summed E-state index contributed by atoms with van der Waals surface area (Å²) >= 11 is 0. The van der Waals surface area contributed by atoms with Crippen molar-refractivity contribution in [1.82, 2.24) is 10.6 Å². The van der Waals surface area contributed by atoms with Gasteiger partial charge in [-0.2, -0.15) is 0 Å². The predicted octanol–water partition coefficient (Wildman–Crippen LogP) is 6.74. The normalized spacial score (nSPS) is 12.4. The lowest BCUT2D eigenvalue weighted by Crippen LogP contribution is -2.55. The zero-order chi connectivity index (χ0) is 41.8. The fourth-order valence-electron chi connectivity index (χ4n) is 7.82. The van der Waals surface area contributed by atoms with Gasteiger partial charge in [0.25, 0.3) is 0 Å². The zero-order valence-electron chi connectivity index (χ0n) is 33.6. The van der Waals surface area contributed by atoms with E-state index in [1.165, 1.54) is 28.4 Å². The number of methoxy groups -OCH3 is 4. The second-order valence-electron chi connectivity index (χ2n) is 14.1. The van der Waals surface area contributed by atoms with Crippen molar-refractivity contribution in [2.45, 2.75) is 42.5 Å². The van der Waals surface area contributed by atoms with E-state index < -0.39 is 41.5 Å². The molecule has 0 aliphatic rings. The second-order valence-corrected chi connectivity index (χ2v) is 14.1. The Bertz CT molecular complexity index is 2060. The highest BCUT2D eigenvalue weighted by molar-refractivity contribution is 5.97. The minimum absolute atomic E-state index is 0.165. The summed E-state index contributed by atoms with van der Waals surface area (Å²) in [5.74, 6) is 0.234. The molecule has 6 rings (SSSR count). The molecule has 10 heteroatoms. The van der Waals surface area contributed by atoms with Crippen LogP contribution in [0.25, 0.3) is 0 Å². The van der Waals surface area contributed by atoms with Crippen molar-refractivity contribution in [3.63, 3.8) is 0 Å². The number of carbonyl (C=O) groups is 2. The van der Waals surface area contributed by atoms with Crippen molar-refractivity contribution in [2.24, 2.45) is 0 Å². The molecule has 0 heterocycles. The van der Waals surface area contributed by atoms with Crippen LogP contribution in [-0.2, 0) is 33.6 Å². The van der Waals surface area contributed by atoms with Crippen molar-refractivity contribution in [2.75, 3.05) is 28.4 Å². The van der Waals surface area contributed by atoms with Crippen LogP contribution >= 0.6 is 0 Å². The summed E-state index contributed by atoms with van der Waals surface area (Å²) in [7, 11) is 6.05. The molecule has 0 aliphatic heterocycles. The molecule has 6 aromatic carbocycles. The van der Waals surface area contributed by atoms with Gasteiger partial charge in [-0.25, -0.2) is 0 Å². The highest BCUT2D eigenvalue weighted by Crippen LogP contribution is 2.45. The van der Waals surface area contributed by atoms with Crippen molar-refractivity contribution in [3.05, 3.63) is 191 Å². The van der Waals surface area contributed by atoms with Gasteiger partial charge in [0.05, 0.1) is 40.5 Å². The van der Waals surface area contributed by atoms with Crippen LogP contribution in [0.15, 0.2) is 158 Å². The Morgan fingerprint density at radius 3 is 0.966 bits per heavy atom. The fraction of sp³-hybridized carbons (Fsp3) is 0.224. The van der Waals surface area contributed by atoms with Crippen molar-refractivity contribution >= 4 is 11.8 Å². The summed E-state index contributed by atoms with van der Waals surface area (Å²) in [6.45, 7) is 0. The summed E-state index contributed by atoms with van der Waals surface area (Å²) in [5.41, 5.74) is -0.646. The van der Waals surface area contributed by atoms with Gasteiger partial charge < -0.3 is 39.8 Å². The lowest BCUT2D eigenvalue weighted by molar-refractivity contribution is -0.132. The highest BCUT2D eigenvalue weighted by atomic mass is 16.5. The summed E-state index contributed by atoms with van der Waals surface area (Å²) in [6.07, 6.45) is -0.310. The smallest absolute Gasteiger partial charge is 0.229 e. The Morgan fingerprint density at radius 1 is 0.441 bits per heavy atom. The Labute approximate surface area is 345 Å². The van der Waals surface area contributed by atoms with Crippen molar-refractivity contribution in [1.29, 1.82) is 0 Å². The number of ether oxygens (including phenoxy) is 4. The van der Waals surface area contributed by atoms with E-state index in [9.17, 15) is 19.8 Å². The van der Waals surface area contributed by atoms with Gasteiger partial charge >= 0.3 is 0 Å². The zero-order valence-corrected chi connectivity index (χ0v) is 33.6. The number of hydrogen-bond donors (Lipinski definition) is 4. The van der Waals surface area contributed by atoms with E-state index in [4.69, 9.17) is 18.9 Å². The van der Waals surface area contributed by atoms with Crippen LogP contribution in [0.1, 0.15) is 39.8 Å². The first-order valence-corrected chi connectivity index (χ1v) is 19.3. The molecular weight excluding hydrogens is 745 g/mol. The molecule has 0 fully saturated rings. The maximum Gasteiger partial charge on any atom is 0.229 e. The molecule has 304 valence electrons. The molecule has 2 atom stereocenters. The average Bonchev–Trinajstić information content (AvgIpc) is 3.28. The van der Waals surface area contributed by atoms with Crippen LogP contribution in [-0.4, -0.2) is 62.6 Å². The molecule has 4 N–H and O–H groups in total. The van der Waals surface area contributed by atoms with E-state index in [0.717, 1.165) is 11.1 Å². The monoisotopic (exact) mass is 794 g/mol. The molecule has 0 spiro atoms. The minimum Gasteiger partial charge on any atom is -0.496 e. The maximum atomic E-state index is 14.4. The number of hydrogen-bond acceptors (Lipinski definition) is 8. The predicted molar refractivity (Wildman–Crippen MR) is 227 cm³/mol. The number of nitrogens with one attached hydrogen (secondary N) is 2. The molecule has 0 saturated heterocycles. The number of para-hydroxylation sites is 4. The summed E-state index contributed by atoms with van der Waals surface area (Å²) < 4.78 is 23.1. The van der Waals surface area contributed by atoms with Crippen LogP contribution in [0.2, 0.25) is 0 Å². The fourth-order valence-corrected chi connectivity index (χ4v) is 7.82. The first-order chi connectivity index (χ1) is 28.7. The van der Waals surface area contributed by atoms with Crippen LogP contribution in [0.4, 0.5) is 0 Å². The van der Waals surface area contributed by atoms with Crippen LogP contribution < -0.4 is 29.6 Å². The number of carbonyl (C=O) groups excluding carboxylic acids is 2. The number of benzene rings is 6. The van der Waals surface area contributed by atoms with Gasteiger partial charge in [0, 0.05) is 22.3 Å². The topological polar surface area (TPSA) is 136 Å². The molecule has 0 saturated carbocycles. The highest BCUT2D eigenvalue weighted by Gasteiger charge is 2.47. The number of aliphatic hydroxyl groups is 2. The Morgan fingerprint density at radius 2 is 0.695 bits per heavy atom. The van der Waals surface area contributed by atoms with Crippen molar-refractivity contribution in [3.8, 4) is 23.0 Å². The molecule has 0 bridgehead atoms. The second kappa shape index (κ2) is 19.2. The minimum atomic E-state index is -1.93. The lowest BCUT2D eigenvalue weighted by atomic mass is 9.76. The van der Waals surface area contributed by atoms with Gasteiger partial charge in [0.2, 0.25) is 11.8 Å².